The molecule has 3 aromatic rings. The number of aliphatic hydroxyl groups excluding tert-OH is 1. The molecule has 3 aliphatic carbocycles. The van der Waals surface area contributed by atoms with Crippen molar-refractivity contribution in [3.05, 3.63) is 119 Å². The maximum atomic E-state index is 15.6. The van der Waals surface area contributed by atoms with E-state index in [-0.39, 0.29) is 24.2 Å². The summed E-state index contributed by atoms with van der Waals surface area (Å²) in [4.78, 5) is 70.7. The molecule has 1 amide bonds. The molecule has 11 atom stereocenters. The van der Waals surface area contributed by atoms with Crippen molar-refractivity contribution in [1.82, 2.24) is 5.32 Å². The van der Waals surface area contributed by atoms with Gasteiger partial charge < -0.3 is 44.0 Å². The van der Waals surface area contributed by atoms with Crippen LogP contribution in [0.1, 0.15) is 79.8 Å². The zero-order valence-corrected chi connectivity index (χ0v) is 35.3. The normalized spacial score (nSPS) is 32.3. The van der Waals surface area contributed by atoms with E-state index in [1.54, 1.807) is 119 Å². The highest BCUT2D eigenvalue weighted by molar-refractivity contribution is 5.95. The van der Waals surface area contributed by atoms with E-state index in [4.69, 9.17) is 28.4 Å². The highest BCUT2D eigenvalue weighted by atomic mass is 16.6. The molecule has 0 radical (unpaired) electrons. The molecule has 1 saturated heterocycles. The molecule has 0 unspecified atom stereocenters. The SMILES string of the molecule is CO[C@H]1C(=O)[C@]2(C)[C@@H](OC)C[C@H]3OC[C@@]3(OC(C)=O)[C@H]2[C@H](OC(=O)c2ccccc2)[C@]2(O)C[C@H](OC(=O)[C@H](O)[C@@H](NC(=O)c3ccccc3)c3ccccc3)C(C)=C1C2(C)C. The van der Waals surface area contributed by atoms with Gasteiger partial charge >= 0.3 is 17.9 Å². The van der Waals surface area contributed by atoms with E-state index in [9.17, 15) is 29.4 Å². The Morgan fingerprint density at radius 1 is 0.852 bits per heavy atom. The molecule has 2 bridgehead atoms. The summed E-state index contributed by atoms with van der Waals surface area (Å²) in [5.74, 6) is -5.02. The molecular formula is C47H53NO13. The Labute approximate surface area is 354 Å². The van der Waals surface area contributed by atoms with Crippen LogP contribution in [0.25, 0.3) is 0 Å². The van der Waals surface area contributed by atoms with Gasteiger partial charge in [-0.05, 0) is 54.8 Å². The average Bonchev–Trinajstić information content (AvgIpc) is 3.24. The number of amides is 1. The first-order chi connectivity index (χ1) is 29.0. The standard InChI is InChI=1S/C47H53NO13/c1-26-31(59-43(54)36(50)35(28-17-11-8-12-18-28)48-41(52)29-19-13-9-14-20-29)24-47(55)40(60-42(53)30-21-15-10-16-22-30)38-45(5,39(51)37(57-7)34(26)44(47,3)4)32(56-6)23-33-46(38,25-58-33)61-27(2)49/h8-22,31-33,35-38,40,50,55H,23-25H2,1-7H3,(H,48,52)/t31-,32-,33+,35-,36+,37+,38-,40-,45+,46-,47+/m0/s1. The van der Waals surface area contributed by atoms with E-state index < -0.39 is 107 Å². The highest BCUT2D eigenvalue weighted by Crippen LogP contribution is 2.64. The average molecular weight is 840 g/mol. The number of benzene rings is 3. The lowest BCUT2D eigenvalue weighted by atomic mass is 9.44. The number of aliphatic hydroxyl groups is 2. The summed E-state index contributed by atoms with van der Waals surface area (Å²) in [7, 11) is 2.80. The van der Waals surface area contributed by atoms with E-state index >= 15 is 4.79 Å². The van der Waals surface area contributed by atoms with Crippen LogP contribution in [-0.4, -0.2) is 108 Å². The molecule has 3 N–H and O–H groups in total. The quantitative estimate of drug-likeness (QED) is 0.139. The van der Waals surface area contributed by atoms with Gasteiger partial charge in [-0.3, -0.25) is 14.4 Å². The highest BCUT2D eigenvalue weighted by Gasteiger charge is 2.78. The molecule has 2 saturated carbocycles. The Hall–Kier alpha value is -5.25. The monoisotopic (exact) mass is 839 g/mol. The molecule has 1 aliphatic heterocycles. The number of carbonyl (C=O) groups is 5. The van der Waals surface area contributed by atoms with Crippen molar-refractivity contribution in [1.29, 1.82) is 0 Å². The van der Waals surface area contributed by atoms with Crippen molar-refractivity contribution in [3.8, 4) is 0 Å². The maximum absolute atomic E-state index is 15.6. The van der Waals surface area contributed by atoms with Gasteiger partial charge in [0, 0.05) is 45.0 Å². The van der Waals surface area contributed by atoms with Crippen LogP contribution in [0, 0.1) is 16.7 Å². The Kier molecular flexibility index (Phi) is 11.9. The van der Waals surface area contributed by atoms with Crippen LogP contribution >= 0.6 is 0 Å². The number of ketones is 1. The summed E-state index contributed by atoms with van der Waals surface area (Å²) in [6, 6.07) is 23.6. The lowest BCUT2D eigenvalue weighted by Crippen LogP contribution is -2.82. The molecule has 3 fully saturated rings. The molecule has 4 aliphatic rings. The number of esters is 3. The van der Waals surface area contributed by atoms with Crippen molar-refractivity contribution in [2.24, 2.45) is 16.7 Å². The van der Waals surface area contributed by atoms with Crippen LogP contribution in [0.15, 0.2) is 102 Å². The predicted octanol–water partition coefficient (Wildman–Crippen LogP) is 4.47. The number of fused-ring (bicyclic) bond motifs is 5. The second-order valence-corrected chi connectivity index (χ2v) is 17.2. The van der Waals surface area contributed by atoms with Gasteiger partial charge in [-0.25, -0.2) is 9.59 Å². The summed E-state index contributed by atoms with van der Waals surface area (Å²) in [5.41, 5.74) is -5.44. The Bertz CT molecular complexity index is 2190. The van der Waals surface area contributed by atoms with Gasteiger partial charge in [-0.1, -0.05) is 80.6 Å². The smallest absolute Gasteiger partial charge is 0.338 e. The summed E-state index contributed by atoms with van der Waals surface area (Å²) >= 11 is 0. The van der Waals surface area contributed by atoms with E-state index in [0.717, 1.165) is 0 Å². The first-order valence-electron chi connectivity index (χ1n) is 20.4. The first-order valence-corrected chi connectivity index (χ1v) is 20.4. The lowest BCUT2D eigenvalue weighted by Gasteiger charge is -2.67. The molecule has 61 heavy (non-hydrogen) atoms. The fourth-order valence-corrected chi connectivity index (χ4v) is 10.4. The zero-order valence-electron chi connectivity index (χ0n) is 35.3. The number of Topliss-reactive ketones (excluding diaryl/α,β-unsaturated/α-hetero) is 1. The number of rotatable bonds is 11. The van der Waals surface area contributed by atoms with Gasteiger partial charge in [0.05, 0.1) is 35.6 Å². The van der Waals surface area contributed by atoms with Crippen LogP contribution in [-0.2, 0) is 42.8 Å². The largest absolute Gasteiger partial charge is 0.456 e. The van der Waals surface area contributed by atoms with E-state index in [1.165, 1.54) is 21.1 Å². The van der Waals surface area contributed by atoms with Crippen molar-refractivity contribution >= 4 is 29.6 Å². The maximum Gasteiger partial charge on any atom is 0.338 e. The van der Waals surface area contributed by atoms with Gasteiger partial charge in [0.2, 0.25) is 0 Å². The van der Waals surface area contributed by atoms with E-state index in [0.29, 0.717) is 16.7 Å². The lowest BCUT2D eigenvalue weighted by molar-refractivity contribution is -0.347. The van der Waals surface area contributed by atoms with Gasteiger partial charge in [-0.15, -0.1) is 0 Å². The second-order valence-electron chi connectivity index (χ2n) is 17.2. The van der Waals surface area contributed by atoms with Crippen LogP contribution in [0.4, 0.5) is 0 Å². The Morgan fingerprint density at radius 3 is 1.98 bits per heavy atom. The molecule has 0 aromatic heterocycles. The van der Waals surface area contributed by atoms with Crippen molar-refractivity contribution < 1.29 is 62.6 Å². The van der Waals surface area contributed by atoms with Gasteiger partial charge in [-0.2, -0.15) is 0 Å². The van der Waals surface area contributed by atoms with Gasteiger partial charge in [0.25, 0.3) is 5.91 Å². The molecule has 324 valence electrons. The molecule has 3 aromatic carbocycles. The summed E-state index contributed by atoms with van der Waals surface area (Å²) in [6.07, 6.45) is -8.33. The van der Waals surface area contributed by atoms with E-state index in [1.807, 2.05) is 0 Å². The number of ether oxygens (including phenoxy) is 6. The second kappa shape index (κ2) is 16.6. The van der Waals surface area contributed by atoms with Crippen LogP contribution in [0.2, 0.25) is 0 Å². The van der Waals surface area contributed by atoms with E-state index in [2.05, 4.69) is 5.32 Å². The number of nitrogens with one attached hydrogen (secondary N) is 1. The molecule has 14 nitrogen and oxygen atoms in total. The summed E-state index contributed by atoms with van der Waals surface area (Å²) in [6.45, 7) is 7.74. The Balaban J connectivity index is 1.37. The molecule has 7 rings (SSSR count). The Morgan fingerprint density at radius 2 is 1.44 bits per heavy atom. The number of hydrogen-bond donors (Lipinski definition) is 3. The van der Waals surface area contributed by atoms with Gasteiger partial charge in [0.1, 0.15) is 30.0 Å². The summed E-state index contributed by atoms with van der Waals surface area (Å²) < 4.78 is 37.0. The molecular weight excluding hydrogens is 787 g/mol. The van der Waals surface area contributed by atoms with Crippen LogP contribution < -0.4 is 5.32 Å². The van der Waals surface area contributed by atoms with Gasteiger partial charge in [0.15, 0.2) is 17.5 Å². The number of hydrogen-bond acceptors (Lipinski definition) is 13. The fourth-order valence-electron chi connectivity index (χ4n) is 10.4. The third-order valence-electron chi connectivity index (χ3n) is 13.7. The fraction of sp³-hybridized carbons (Fsp3) is 0.468. The third kappa shape index (κ3) is 7.17. The van der Waals surface area contributed by atoms with Crippen LogP contribution in [0.3, 0.4) is 0 Å². The topological polar surface area (TPSA) is 193 Å². The van der Waals surface area contributed by atoms with Crippen molar-refractivity contribution in [3.63, 3.8) is 0 Å². The minimum atomic E-state index is -2.21. The molecule has 14 heteroatoms. The predicted molar refractivity (Wildman–Crippen MR) is 218 cm³/mol. The van der Waals surface area contributed by atoms with Crippen molar-refractivity contribution in [2.75, 3.05) is 20.8 Å². The van der Waals surface area contributed by atoms with Crippen LogP contribution in [0.5, 0.6) is 0 Å². The molecule has 0 spiro atoms. The first kappa shape index (κ1) is 43.8. The number of methoxy groups -OCH3 is 2. The summed E-state index contributed by atoms with van der Waals surface area (Å²) in [5, 5.41) is 28.3. The molecule has 1 heterocycles. The minimum Gasteiger partial charge on any atom is -0.456 e. The van der Waals surface area contributed by atoms with Crippen molar-refractivity contribution in [2.45, 2.75) is 101 Å². The zero-order chi connectivity index (χ0) is 44.1. The minimum absolute atomic E-state index is 0.125. The number of carbonyl (C=O) groups excluding carboxylic acids is 5. The third-order valence-corrected chi connectivity index (χ3v) is 13.7.